The molecule has 1 aliphatic heterocycles. The van der Waals surface area contributed by atoms with Crippen molar-refractivity contribution in [2.24, 2.45) is 11.8 Å². The van der Waals surface area contributed by atoms with E-state index >= 15 is 0 Å². The zero-order valence-electron chi connectivity index (χ0n) is 12.7. The predicted molar refractivity (Wildman–Crippen MR) is 88.5 cm³/mol. The number of nitrogen functional groups attached to an aromatic ring is 1. The molecule has 5 heteroatoms. The van der Waals surface area contributed by atoms with Gasteiger partial charge in [-0.05, 0) is 43.0 Å². The topological polar surface area (TPSA) is 58.4 Å². The number of nitrogens with one attached hydrogen (secondary N) is 1. The molecular weight excluding hydrogens is 286 g/mol. The molecule has 1 heterocycles. The van der Waals surface area contributed by atoms with Gasteiger partial charge >= 0.3 is 0 Å². The van der Waals surface area contributed by atoms with Gasteiger partial charge in [-0.2, -0.15) is 0 Å². The molecule has 0 aliphatic carbocycles. The van der Waals surface area contributed by atoms with Gasteiger partial charge < -0.3 is 16.0 Å². The SMILES string of the molecule is CC(C)C1CCN(CCC(=O)Nc2ccc(N)cc2Cl)C1. The average Bonchev–Trinajstić information content (AvgIpc) is 2.89. The summed E-state index contributed by atoms with van der Waals surface area (Å²) < 4.78 is 0. The number of anilines is 2. The molecule has 1 aliphatic rings. The monoisotopic (exact) mass is 309 g/mol. The van der Waals surface area contributed by atoms with Gasteiger partial charge in [0.15, 0.2) is 0 Å². The Balaban J connectivity index is 1.78. The highest BCUT2D eigenvalue weighted by Crippen LogP contribution is 2.25. The molecule has 1 aromatic rings. The van der Waals surface area contributed by atoms with Gasteiger partial charge in [0.05, 0.1) is 10.7 Å². The number of nitrogens with two attached hydrogens (primary N) is 1. The smallest absolute Gasteiger partial charge is 0.225 e. The van der Waals surface area contributed by atoms with Crippen molar-refractivity contribution >= 4 is 28.9 Å². The van der Waals surface area contributed by atoms with Gasteiger partial charge in [0.2, 0.25) is 5.91 Å². The van der Waals surface area contributed by atoms with E-state index in [9.17, 15) is 4.79 Å². The Morgan fingerprint density at radius 2 is 2.29 bits per heavy atom. The molecule has 3 N–H and O–H groups in total. The lowest BCUT2D eigenvalue weighted by Gasteiger charge is -2.17. The van der Waals surface area contributed by atoms with Crippen molar-refractivity contribution in [2.75, 3.05) is 30.7 Å². The average molecular weight is 310 g/mol. The maximum atomic E-state index is 12.0. The van der Waals surface area contributed by atoms with Crippen LogP contribution in [-0.4, -0.2) is 30.4 Å². The molecular formula is C16H24ClN3O. The normalized spacial score (nSPS) is 19.1. The van der Waals surface area contributed by atoms with Crippen LogP contribution in [0.4, 0.5) is 11.4 Å². The quantitative estimate of drug-likeness (QED) is 0.821. The highest BCUT2D eigenvalue weighted by atomic mass is 35.5. The van der Waals surface area contributed by atoms with Crippen LogP contribution in [0.2, 0.25) is 5.02 Å². The van der Waals surface area contributed by atoms with Gasteiger partial charge in [-0.3, -0.25) is 4.79 Å². The minimum Gasteiger partial charge on any atom is -0.399 e. The molecule has 0 aromatic heterocycles. The molecule has 4 nitrogen and oxygen atoms in total. The van der Waals surface area contributed by atoms with Crippen LogP contribution in [0.1, 0.15) is 26.7 Å². The fourth-order valence-corrected chi connectivity index (χ4v) is 2.95. The summed E-state index contributed by atoms with van der Waals surface area (Å²) in [5, 5.41) is 3.32. The van der Waals surface area contributed by atoms with Crippen LogP contribution in [0.3, 0.4) is 0 Å². The Kier molecular flexibility index (Phi) is 5.48. The second kappa shape index (κ2) is 7.14. The van der Waals surface area contributed by atoms with Gasteiger partial charge in [0, 0.05) is 25.2 Å². The second-order valence-electron chi connectivity index (χ2n) is 6.13. The standard InChI is InChI=1S/C16H24ClN3O/c1-11(2)12-5-7-20(10-12)8-6-16(21)19-15-4-3-13(18)9-14(15)17/h3-4,9,11-12H,5-8,10,18H2,1-2H3,(H,19,21). The van der Waals surface area contributed by atoms with E-state index in [1.165, 1.54) is 6.42 Å². The first-order valence-corrected chi connectivity index (χ1v) is 7.90. The summed E-state index contributed by atoms with van der Waals surface area (Å²) in [6.45, 7) is 7.54. The Labute approximate surface area is 131 Å². The molecule has 1 fully saturated rings. The van der Waals surface area contributed by atoms with Crippen LogP contribution in [0.5, 0.6) is 0 Å². The van der Waals surface area contributed by atoms with Crippen molar-refractivity contribution < 1.29 is 4.79 Å². The number of benzene rings is 1. The van der Waals surface area contributed by atoms with E-state index in [1.807, 2.05) is 0 Å². The van der Waals surface area contributed by atoms with E-state index in [0.717, 1.165) is 31.5 Å². The molecule has 116 valence electrons. The Hall–Kier alpha value is -1.26. The third-order valence-electron chi connectivity index (χ3n) is 4.17. The molecule has 0 bridgehead atoms. The molecule has 21 heavy (non-hydrogen) atoms. The van der Waals surface area contributed by atoms with Gasteiger partial charge in [-0.1, -0.05) is 25.4 Å². The number of carbonyl (C=O) groups is 1. The summed E-state index contributed by atoms with van der Waals surface area (Å²) in [4.78, 5) is 14.4. The van der Waals surface area contributed by atoms with Crippen LogP contribution in [0.15, 0.2) is 18.2 Å². The van der Waals surface area contributed by atoms with Gasteiger partial charge in [0.25, 0.3) is 0 Å². The predicted octanol–water partition coefficient (Wildman–Crippen LogP) is 3.23. The van der Waals surface area contributed by atoms with Crippen molar-refractivity contribution in [2.45, 2.75) is 26.7 Å². The van der Waals surface area contributed by atoms with E-state index in [0.29, 0.717) is 22.8 Å². The molecule has 1 aromatic carbocycles. The lowest BCUT2D eigenvalue weighted by Crippen LogP contribution is -2.26. The lowest BCUT2D eigenvalue weighted by molar-refractivity contribution is -0.116. The van der Waals surface area contributed by atoms with Crippen molar-refractivity contribution in [3.8, 4) is 0 Å². The number of nitrogens with zero attached hydrogens (tertiary/aromatic N) is 1. The third kappa shape index (κ3) is 4.61. The molecule has 0 spiro atoms. The minimum absolute atomic E-state index is 0.00494. The van der Waals surface area contributed by atoms with Crippen molar-refractivity contribution in [3.63, 3.8) is 0 Å². The minimum atomic E-state index is -0.00494. The fourth-order valence-electron chi connectivity index (χ4n) is 2.71. The highest BCUT2D eigenvalue weighted by Gasteiger charge is 2.24. The summed E-state index contributed by atoms with van der Waals surface area (Å²) in [5.41, 5.74) is 6.85. The van der Waals surface area contributed by atoms with Crippen LogP contribution in [-0.2, 0) is 4.79 Å². The van der Waals surface area contributed by atoms with Gasteiger partial charge in [-0.15, -0.1) is 0 Å². The molecule has 2 rings (SSSR count). The fraction of sp³-hybridized carbons (Fsp3) is 0.562. The third-order valence-corrected chi connectivity index (χ3v) is 4.49. The first-order valence-electron chi connectivity index (χ1n) is 7.53. The van der Waals surface area contributed by atoms with Gasteiger partial charge in [-0.25, -0.2) is 0 Å². The maximum absolute atomic E-state index is 12.0. The van der Waals surface area contributed by atoms with Crippen molar-refractivity contribution in [3.05, 3.63) is 23.2 Å². The van der Waals surface area contributed by atoms with E-state index in [2.05, 4.69) is 24.1 Å². The van der Waals surface area contributed by atoms with Crippen LogP contribution >= 0.6 is 11.6 Å². The molecule has 1 saturated heterocycles. The van der Waals surface area contributed by atoms with Crippen LogP contribution in [0.25, 0.3) is 0 Å². The summed E-state index contributed by atoms with van der Waals surface area (Å²) in [7, 11) is 0. The van der Waals surface area contributed by atoms with E-state index in [4.69, 9.17) is 17.3 Å². The largest absolute Gasteiger partial charge is 0.399 e. The molecule has 1 atom stereocenters. The molecule has 0 radical (unpaired) electrons. The number of likely N-dealkylation sites (tertiary alicyclic amines) is 1. The molecule has 1 unspecified atom stereocenters. The summed E-state index contributed by atoms with van der Waals surface area (Å²) in [6, 6.07) is 5.11. The number of carbonyl (C=O) groups excluding carboxylic acids is 1. The summed E-state index contributed by atoms with van der Waals surface area (Å²) in [6.07, 6.45) is 1.73. The summed E-state index contributed by atoms with van der Waals surface area (Å²) >= 11 is 6.05. The van der Waals surface area contributed by atoms with E-state index < -0.39 is 0 Å². The van der Waals surface area contributed by atoms with E-state index in [1.54, 1.807) is 18.2 Å². The number of amides is 1. The molecule has 1 amide bonds. The number of halogens is 1. The Morgan fingerprint density at radius 3 is 2.90 bits per heavy atom. The van der Waals surface area contributed by atoms with Crippen molar-refractivity contribution in [1.29, 1.82) is 0 Å². The first-order chi connectivity index (χ1) is 9.95. The number of rotatable bonds is 5. The highest BCUT2D eigenvalue weighted by molar-refractivity contribution is 6.34. The first kappa shape index (κ1) is 16.1. The van der Waals surface area contributed by atoms with E-state index in [-0.39, 0.29) is 5.91 Å². The maximum Gasteiger partial charge on any atom is 0.225 e. The Morgan fingerprint density at radius 1 is 1.52 bits per heavy atom. The Bertz CT molecular complexity index is 504. The zero-order chi connectivity index (χ0) is 15.4. The second-order valence-corrected chi connectivity index (χ2v) is 6.54. The lowest BCUT2D eigenvalue weighted by atomic mass is 9.95. The number of hydrogen-bond acceptors (Lipinski definition) is 3. The van der Waals surface area contributed by atoms with Crippen LogP contribution in [0, 0.1) is 11.8 Å². The van der Waals surface area contributed by atoms with Crippen LogP contribution < -0.4 is 11.1 Å². The zero-order valence-corrected chi connectivity index (χ0v) is 13.5. The number of hydrogen-bond donors (Lipinski definition) is 2. The van der Waals surface area contributed by atoms with Gasteiger partial charge in [0.1, 0.15) is 0 Å². The molecule has 0 saturated carbocycles. The van der Waals surface area contributed by atoms with Crippen molar-refractivity contribution in [1.82, 2.24) is 4.90 Å². The summed E-state index contributed by atoms with van der Waals surface area (Å²) in [5.74, 6) is 1.48.